The van der Waals surface area contributed by atoms with Gasteiger partial charge in [-0.15, -0.1) is 12.4 Å². The monoisotopic (exact) mass is 326 g/mol. The molecule has 2 N–H and O–H groups in total. The third-order valence-electron chi connectivity index (χ3n) is 3.22. The summed E-state index contributed by atoms with van der Waals surface area (Å²) in [5, 5.41) is 5.26. The number of carbonyl (C=O) groups is 1. The van der Waals surface area contributed by atoms with Gasteiger partial charge >= 0.3 is 6.18 Å². The molecular weight excluding hydrogens is 312 g/mol. The second kappa shape index (κ2) is 7.09. The van der Waals surface area contributed by atoms with Crippen LogP contribution in [0.2, 0.25) is 0 Å². The van der Waals surface area contributed by atoms with Crippen LogP contribution in [-0.2, 0) is 11.0 Å². The number of anilines is 1. The van der Waals surface area contributed by atoms with Gasteiger partial charge in [-0.25, -0.2) is 4.39 Å². The maximum Gasteiger partial charge on any atom is 0.416 e. The Kier molecular flexibility index (Phi) is 5.98. The number of amides is 1. The molecule has 1 saturated heterocycles. The van der Waals surface area contributed by atoms with E-state index in [2.05, 4.69) is 10.6 Å². The molecule has 0 aliphatic carbocycles. The van der Waals surface area contributed by atoms with E-state index in [4.69, 9.17) is 0 Å². The lowest BCUT2D eigenvalue weighted by Crippen LogP contribution is -2.37. The molecule has 1 unspecified atom stereocenters. The summed E-state index contributed by atoms with van der Waals surface area (Å²) >= 11 is 0. The minimum atomic E-state index is -4.57. The van der Waals surface area contributed by atoms with Crippen LogP contribution in [-0.4, -0.2) is 19.0 Å². The molecule has 118 valence electrons. The Bertz CT molecular complexity index is 501. The molecule has 1 fully saturated rings. The van der Waals surface area contributed by atoms with Gasteiger partial charge in [0.2, 0.25) is 5.91 Å². The number of carbonyl (C=O) groups excluding carboxylic acids is 1. The summed E-state index contributed by atoms with van der Waals surface area (Å²) in [4.78, 5) is 11.9. The van der Waals surface area contributed by atoms with Gasteiger partial charge in [-0.05, 0) is 37.6 Å². The molecule has 1 aromatic carbocycles. The highest BCUT2D eigenvalue weighted by molar-refractivity contribution is 5.93. The SMILES string of the molecule is Cl.O=C(Nc1cc(C(F)(F)F)ccc1F)C1CCCNC1. The minimum Gasteiger partial charge on any atom is -0.323 e. The molecule has 3 nitrogen and oxygen atoms in total. The first-order valence-corrected chi connectivity index (χ1v) is 6.26. The van der Waals surface area contributed by atoms with Crippen molar-refractivity contribution >= 4 is 24.0 Å². The first-order valence-electron chi connectivity index (χ1n) is 6.26. The van der Waals surface area contributed by atoms with Crippen LogP contribution in [0.5, 0.6) is 0 Å². The molecule has 2 rings (SSSR count). The number of piperidine rings is 1. The Balaban J connectivity index is 0.00000220. The number of hydrogen-bond acceptors (Lipinski definition) is 2. The standard InChI is InChI=1S/C13H14F4N2O.ClH/c14-10-4-3-9(13(15,16)17)6-11(10)19-12(20)8-2-1-5-18-7-8;/h3-4,6,8,18H,1-2,5,7H2,(H,19,20);1H. The van der Waals surface area contributed by atoms with Gasteiger partial charge in [0.05, 0.1) is 17.2 Å². The summed E-state index contributed by atoms with van der Waals surface area (Å²) in [6, 6.07) is 1.97. The normalized spacial score (nSPS) is 18.8. The lowest BCUT2D eigenvalue weighted by Gasteiger charge is -2.22. The largest absolute Gasteiger partial charge is 0.416 e. The van der Waals surface area contributed by atoms with Crippen LogP contribution < -0.4 is 10.6 Å². The summed E-state index contributed by atoms with van der Waals surface area (Å²) in [6.07, 6.45) is -3.12. The van der Waals surface area contributed by atoms with Crippen molar-refractivity contribution in [1.82, 2.24) is 5.32 Å². The van der Waals surface area contributed by atoms with Crippen molar-refractivity contribution in [2.45, 2.75) is 19.0 Å². The third-order valence-corrected chi connectivity index (χ3v) is 3.22. The topological polar surface area (TPSA) is 41.1 Å². The first-order chi connectivity index (χ1) is 9.38. The number of benzene rings is 1. The van der Waals surface area contributed by atoms with Crippen molar-refractivity contribution in [3.05, 3.63) is 29.6 Å². The maximum absolute atomic E-state index is 13.5. The highest BCUT2D eigenvalue weighted by Crippen LogP contribution is 2.32. The van der Waals surface area contributed by atoms with Crippen LogP contribution in [0.1, 0.15) is 18.4 Å². The molecule has 0 saturated carbocycles. The molecule has 1 amide bonds. The van der Waals surface area contributed by atoms with Crippen molar-refractivity contribution in [2.24, 2.45) is 5.92 Å². The van der Waals surface area contributed by atoms with Crippen LogP contribution in [0, 0.1) is 11.7 Å². The second-order valence-electron chi connectivity index (χ2n) is 4.72. The Morgan fingerprint density at radius 1 is 1.33 bits per heavy atom. The lowest BCUT2D eigenvalue weighted by atomic mass is 9.98. The van der Waals surface area contributed by atoms with Gasteiger partial charge < -0.3 is 10.6 Å². The number of alkyl halides is 3. The van der Waals surface area contributed by atoms with Crippen molar-refractivity contribution in [3.63, 3.8) is 0 Å². The Labute approximate surface area is 125 Å². The van der Waals surface area contributed by atoms with E-state index in [0.717, 1.165) is 13.0 Å². The van der Waals surface area contributed by atoms with Gasteiger partial charge in [0.15, 0.2) is 0 Å². The molecule has 1 heterocycles. The van der Waals surface area contributed by atoms with E-state index in [1.807, 2.05) is 0 Å². The summed E-state index contributed by atoms with van der Waals surface area (Å²) in [6.45, 7) is 1.26. The number of halogens is 5. The summed E-state index contributed by atoms with van der Waals surface area (Å²) in [5.41, 5.74) is -1.42. The molecule has 0 aromatic heterocycles. The van der Waals surface area contributed by atoms with E-state index in [9.17, 15) is 22.4 Å². The molecular formula is C13H15ClF4N2O. The van der Waals surface area contributed by atoms with Crippen LogP contribution in [0.3, 0.4) is 0 Å². The second-order valence-corrected chi connectivity index (χ2v) is 4.72. The Morgan fingerprint density at radius 2 is 2.05 bits per heavy atom. The fourth-order valence-corrected chi connectivity index (χ4v) is 2.11. The van der Waals surface area contributed by atoms with E-state index in [1.54, 1.807) is 0 Å². The van der Waals surface area contributed by atoms with Gasteiger partial charge in [-0.2, -0.15) is 13.2 Å². The molecule has 0 bridgehead atoms. The van der Waals surface area contributed by atoms with Gasteiger partial charge in [0.1, 0.15) is 5.82 Å². The molecule has 8 heteroatoms. The molecule has 1 aromatic rings. The molecule has 21 heavy (non-hydrogen) atoms. The van der Waals surface area contributed by atoms with E-state index in [1.165, 1.54) is 0 Å². The molecule has 1 aliphatic rings. The zero-order valence-electron chi connectivity index (χ0n) is 11.0. The predicted molar refractivity (Wildman–Crippen MR) is 72.9 cm³/mol. The first kappa shape index (κ1) is 17.7. The zero-order valence-corrected chi connectivity index (χ0v) is 11.8. The predicted octanol–water partition coefficient (Wildman–Crippen LogP) is 3.20. The van der Waals surface area contributed by atoms with Gasteiger partial charge in [-0.3, -0.25) is 4.79 Å². The minimum absolute atomic E-state index is 0. The zero-order chi connectivity index (χ0) is 14.8. The van der Waals surface area contributed by atoms with E-state index < -0.39 is 29.2 Å². The fourth-order valence-electron chi connectivity index (χ4n) is 2.11. The van der Waals surface area contributed by atoms with Crippen LogP contribution in [0.4, 0.5) is 23.2 Å². The Morgan fingerprint density at radius 3 is 2.62 bits per heavy atom. The van der Waals surface area contributed by atoms with E-state index >= 15 is 0 Å². The summed E-state index contributed by atoms with van der Waals surface area (Å²) in [5.74, 6) is -1.69. The molecule has 1 aliphatic heterocycles. The molecule has 0 spiro atoms. The van der Waals surface area contributed by atoms with Crippen molar-refractivity contribution < 1.29 is 22.4 Å². The van der Waals surface area contributed by atoms with Crippen LogP contribution in [0.15, 0.2) is 18.2 Å². The number of hydrogen-bond donors (Lipinski definition) is 2. The highest BCUT2D eigenvalue weighted by Gasteiger charge is 2.31. The van der Waals surface area contributed by atoms with Crippen molar-refractivity contribution in [3.8, 4) is 0 Å². The summed E-state index contributed by atoms with van der Waals surface area (Å²) in [7, 11) is 0. The number of rotatable bonds is 2. The maximum atomic E-state index is 13.5. The van der Waals surface area contributed by atoms with E-state index in [0.29, 0.717) is 31.2 Å². The van der Waals surface area contributed by atoms with Crippen LogP contribution >= 0.6 is 12.4 Å². The quantitative estimate of drug-likeness (QED) is 0.819. The number of nitrogens with one attached hydrogen (secondary N) is 2. The van der Waals surface area contributed by atoms with Crippen molar-refractivity contribution in [2.75, 3.05) is 18.4 Å². The van der Waals surface area contributed by atoms with Gasteiger partial charge in [-0.1, -0.05) is 0 Å². The average molecular weight is 327 g/mol. The Hall–Kier alpha value is -1.34. The third kappa shape index (κ3) is 4.57. The fraction of sp³-hybridized carbons (Fsp3) is 0.462. The molecule has 0 radical (unpaired) electrons. The molecule has 1 atom stereocenters. The highest BCUT2D eigenvalue weighted by atomic mass is 35.5. The van der Waals surface area contributed by atoms with Gasteiger partial charge in [0, 0.05) is 6.54 Å². The van der Waals surface area contributed by atoms with Crippen molar-refractivity contribution in [1.29, 1.82) is 0 Å². The summed E-state index contributed by atoms with van der Waals surface area (Å²) < 4.78 is 51.1. The van der Waals surface area contributed by atoms with Gasteiger partial charge in [0.25, 0.3) is 0 Å². The van der Waals surface area contributed by atoms with E-state index in [-0.39, 0.29) is 18.3 Å². The average Bonchev–Trinajstić information content (AvgIpc) is 2.41. The smallest absolute Gasteiger partial charge is 0.323 e. The lowest BCUT2D eigenvalue weighted by molar-refractivity contribution is -0.137. The van der Waals surface area contributed by atoms with Crippen LogP contribution in [0.25, 0.3) is 0 Å².